The fourth-order valence-electron chi connectivity index (χ4n) is 1.52. The van der Waals surface area contributed by atoms with Gasteiger partial charge in [0.1, 0.15) is 6.29 Å². The molecule has 0 aliphatic carbocycles. The molecule has 0 unspecified atom stereocenters. The molecule has 16 heavy (non-hydrogen) atoms. The second-order valence-electron chi connectivity index (χ2n) is 3.23. The molecule has 0 bridgehead atoms. The first-order chi connectivity index (χ1) is 7.57. The third kappa shape index (κ3) is 2.81. The fraction of sp³-hybridized carbons (Fsp3) is 0.364. The number of carbonyl (C=O) groups is 1. The normalized spacial score (nSPS) is 11.1. The summed E-state index contributed by atoms with van der Waals surface area (Å²) in [6.45, 7) is 0. The quantitative estimate of drug-likeness (QED) is 0.561. The monoisotopic (exact) mass is 234 g/mol. The summed E-state index contributed by atoms with van der Waals surface area (Å²) in [5.74, 6) is 0. The molecule has 0 aliphatic rings. The Morgan fingerprint density at radius 2 is 1.81 bits per heavy atom. The Labute approximate surface area is 90.1 Å². The van der Waals surface area contributed by atoms with Crippen LogP contribution in [0.5, 0.6) is 0 Å². The summed E-state index contributed by atoms with van der Waals surface area (Å²) in [4.78, 5) is 10.1. The Morgan fingerprint density at radius 3 is 2.31 bits per heavy atom. The van der Waals surface area contributed by atoms with Crippen molar-refractivity contribution in [2.45, 2.75) is 25.7 Å². The number of rotatable bonds is 5. The van der Waals surface area contributed by atoms with Crippen LogP contribution in [0.3, 0.4) is 0 Å². The highest BCUT2D eigenvalue weighted by atomic mass is 19.3. The van der Waals surface area contributed by atoms with E-state index in [0.717, 1.165) is 6.07 Å². The lowest BCUT2D eigenvalue weighted by Gasteiger charge is -2.12. The molecule has 0 fully saturated rings. The minimum absolute atomic E-state index is 0.0480. The number of halogens is 4. The Hall–Kier alpha value is -1.39. The summed E-state index contributed by atoms with van der Waals surface area (Å²) in [6, 6.07) is 3.63. The maximum atomic E-state index is 12.7. The fourth-order valence-corrected chi connectivity index (χ4v) is 1.52. The van der Waals surface area contributed by atoms with Gasteiger partial charge >= 0.3 is 0 Å². The van der Waals surface area contributed by atoms with Gasteiger partial charge in [0, 0.05) is 17.5 Å². The van der Waals surface area contributed by atoms with E-state index in [1.54, 1.807) is 0 Å². The van der Waals surface area contributed by atoms with Crippen LogP contribution in [-0.2, 0) is 11.2 Å². The molecule has 5 heteroatoms. The van der Waals surface area contributed by atoms with Crippen LogP contribution in [0.15, 0.2) is 18.2 Å². The molecule has 0 aliphatic heterocycles. The molecule has 88 valence electrons. The Morgan fingerprint density at radius 1 is 1.12 bits per heavy atom. The number of hydrogen-bond acceptors (Lipinski definition) is 1. The van der Waals surface area contributed by atoms with E-state index in [2.05, 4.69) is 0 Å². The molecule has 0 aromatic heterocycles. The molecule has 0 spiro atoms. The average Bonchev–Trinajstić information content (AvgIpc) is 2.25. The van der Waals surface area contributed by atoms with Crippen molar-refractivity contribution in [1.82, 2.24) is 0 Å². The van der Waals surface area contributed by atoms with Crippen LogP contribution < -0.4 is 0 Å². The van der Waals surface area contributed by atoms with Gasteiger partial charge < -0.3 is 4.79 Å². The standard InChI is InChI=1S/C11H10F4O/c12-10(13)8-5-1-3-7(4-2-6-16)9(8)11(14)15/h1,3,5-6,10-11H,2,4H2. The van der Waals surface area contributed by atoms with E-state index in [9.17, 15) is 22.4 Å². The van der Waals surface area contributed by atoms with Gasteiger partial charge in [-0.2, -0.15) is 0 Å². The molecule has 0 saturated carbocycles. The largest absolute Gasteiger partial charge is 0.303 e. The van der Waals surface area contributed by atoms with Crippen molar-refractivity contribution in [2.75, 3.05) is 0 Å². The maximum absolute atomic E-state index is 12.7. The molecule has 0 radical (unpaired) electrons. The summed E-state index contributed by atoms with van der Waals surface area (Å²) >= 11 is 0. The molecule has 1 rings (SSSR count). The first-order valence-electron chi connectivity index (χ1n) is 4.69. The van der Waals surface area contributed by atoms with Gasteiger partial charge in [0.15, 0.2) is 0 Å². The van der Waals surface area contributed by atoms with Crippen molar-refractivity contribution in [1.29, 1.82) is 0 Å². The van der Waals surface area contributed by atoms with Crippen molar-refractivity contribution < 1.29 is 22.4 Å². The van der Waals surface area contributed by atoms with Crippen molar-refractivity contribution in [3.63, 3.8) is 0 Å². The van der Waals surface area contributed by atoms with E-state index in [-0.39, 0.29) is 18.4 Å². The van der Waals surface area contributed by atoms with Crippen LogP contribution in [-0.4, -0.2) is 6.29 Å². The number of alkyl halides is 4. The van der Waals surface area contributed by atoms with Crippen LogP contribution >= 0.6 is 0 Å². The van der Waals surface area contributed by atoms with Gasteiger partial charge in [-0.05, 0) is 12.0 Å². The summed E-state index contributed by atoms with van der Waals surface area (Å²) < 4.78 is 50.3. The molecular weight excluding hydrogens is 224 g/mol. The first kappa shape index (κ1) is 12.7. The molecule has 0 heterocycles. The zero-order valence-electron chi connectivity index (χ0n) is 8.30. The second-order valence-corrected chi connectivity index (χ2v) is 3.23. The average molecular weight is 234 g/mol. The lowest BCUT2D eigenvalue weighted by Crippen LogP contribution is -2.02. The second kappa shape index (κ2) is 5.63. The molecule has 1 aromatic carbocycles. The van der Waals surface area contributed by atoms with Crippen molar-refractivity contribution in [3.05, 3.63) is 34.9 Å². The Bertz CT molecular complexity index is 363. The van der Waals surface area contributed by atoms with E-state index >= 15 is 0 Å². The van der Waals surface area contributed by atoms with Crippen LogP contribution in [0, 0.1) is 0 Å². The van der Waals surface area contributed by atoms with Crippen molar-refractivity contribution in [2.24, 2.45) is 0 Å². The third-order valence-corrected chi connectivity index (χ3v) is 2.21. The van der Waals surface area contributed by atoms with E-state index < -0.39 is 24.0 Å². The van der Waals surface area contributed by atoms with E-state index in [1.807, 2.05) is 0 Å². The summed E-state index contributed by atoms with van der Waals surface area (Å²) in [5, 5.41) is 0. The number of aldehydes is 1. The predicted molar refractivity (Wildman–Crippen MR) is 50.7 cm³/mol. The highest BCUT2D eigenvalue weighted by Crippen LogP contribution is 2.33. The number of hydrogen-bond donors (Lipinski definition) is 0. The molecule has 0 atom stereocenters. The molecular formula is C11H10F4O. The SMILES string of the molecule is O=CCCc1cccc(C(F)F)c1C(F)F. The van der Waals surface area contributed by atoms with Crippen LogP contribution in [0.2, 0.25) is 0 Å². The zero-order chi connectivity index (χ0) is 12.1. The number of carbonyl (C=O) groups excluding carboxylic acids is 1. The summed E-state index contributed by atoms with van der Waals surface area (Å²) in [7, 11) is 0. The minimum Gasteiger partial charge on any atom is -0.303 e. The third-order valence-electron chi connectivity index (χ3n) is 2.21. The molecule has 1 aromatic rings. The number of aryl methyl sites for hydroxylation is 1. The van der Waals surface area contributed by atoms with Gasteiger partial charge in [-0.3, -0.25) is 0 Å². The van der Waals surface area contributed by atoms with Crippen molar-refractivity contribution in [3.8, 4) is 0 Å². The van der Waals surface area contributed by atoms with Gasteiger partial charge in [-0.15, -0.1) is 0 Å². The molecule has 1 nitrogen and oxygen atoms in total. The smallest absolute Gasteiger partial charge is 0.264 e. The van der Waals surface area contributed by atoms with Gasteiger partial charge in [-0.25, -0.2) is 17.6 Å². The summed E-state index contributed by atoms with van der Waals surface area (Å²) in [5.41, 5.74) is -1.18. The summed E-state index contributed by atoms with van der Waals surface area (Å²) in [6.07, 6.45) is -5.20. The van der Waals surface area contributed by atoms with Crippen LogP contribution in [0.4, 0.5) is 17.6 Å². The van der Waals surface area contributed by atoms with Crippen LogP contribution in [0.25, 0.3) is 0 Å². The molecule has 0 amide bonds. The van der Waals surface area contributed by atoms with Gasteiger partial charge in [-0.1, -0.05) is 18.2 Å². The van der Waals surface area contributed by atoms with Gasteiger partial charge in [0.25, 0.3) is 12.9 Å². The predicted octanol–water partition coefficient (Wildman–Crippen LogP) is 3.69. The topological polar surface area (TPSA) is 17.1 Å². The van der Waals surface area contributed by atoms with Gasteiger partial charge in [0.2, 0.25) is 0 Å². The highest BCUT2D eigenvalue weighted by molar-refractivity contribution is 5.51. The number of benzene rings is 1. The molecule has 0 N–H and O–H groups in total. The van der Waals surface area contributed by atoms with E-state index in [1.165, 1.54) is 12.1 Å². The Kier molecular flexibility index (Phi) is 4.46. The Balaban J connectivity index is 3.15. The van der Waals surface area contributed by atoms with Crippen molar-refractivity contribution >= 4 is 6.29 Å². The maximum Gasteiger partial charge on any atom is 0.264 e. The molecule has 0 saturated heterocycles. The van der Waals surface area contributed by atoms with Crippen LogP contribution in [0.1, 0.15) is 36.0 Å². The first-order valence-corrected chi connectivity index (χ1v) is 4.69. The highest BCUT2D eigenvalue weighted by Gasteiger charge is 2.22. The zero-order valence-corrected chi connectivity index (χ0v) is 8.30. The van der Waals surface area contributed by atoms with E-state index in [0.29, 0.717) is 6.29 Å². The minimum atomic E-state index is -2.95. The lowest BCUT2D eigenvalue weighted by molar-refractivity contribution is -0.107. The lowest BCUT2D eigenvalue weighted by atomic mass is 9.98. The van der Waals surface area contributed by atoms with Gasteiger partial charge in [0.05, 0.1) is 0 Å². The van der Waals surface area contributed by atoms with E-state index in [4.69, 9.17) is 0 Å².